The Kier molecular flexibility index (Phi) is 5.93. The van der Waals surface area contributed by atoms with Gasteiger partial charge in [0.15, 0.2) is 0 Å². The molecular formula is C17H10BrClN4O2S. The molecule has 0 bridgehead atoms. The molecule has 0 unspecified atom stereocenters. The monoisotopic (exact) mass is 448 g/mol. The zero-order chi connectivity index (χ0) is 18.5. The third-order valence-corrected chi connectivity index (χ3v) is 4.78. The van der Waals surface area contributed by atoms with E-state index in [1.165, 1.54) is 6.07 Å². The van der Waals surface area contributed by atoms with Gasteiger partial charge in [-0.05, 0) is 42.5 Å². The predicted molar refractivity (Wildman–Crippen MR) is 103 cm³/mol. The lowest BCUT2D eigenvalue weighted by Crippen LogP contribution is -2.15. The summed E-state index contributed by atoms with van der Waals surface area (Å²) in [5, 5.41) is 20.3. The Labute approximate surface area is 166 Å². The molecule has 0 aliphatic carbocycles. The second kappa shape index (κ2) is 8.36. The lowest BCUT2D eigenvalue weighted by atomic mass is 10.2. The molecule has 0 saturated heterocycles. The van der Waals surface area contributed by atoms with Crippen molar-refractivity contribution in [1.82, 2.24) is 10.2 Å². The van der Waals surface area contributed by atoms with Crippen molar-refractivity contribution in [2.24, 2.45) is 0 Å². The van der Waals surface area contributed by atoms with E-state index >= 15 is 0 Å². The van der Waals surface area contributed by atoms with Gasteiger partial charge in [-0.3, -0.25) is 4.79 Å². The molecule has 0 fully saturated rings. The Morgan fingerprint density at radius 1 is 1.27 bits per heavy atom. The number of aromatic nitrogens is 2. The summed E-state index contributed by atoms with van der Waals surface area (Å²) >= 11 is 10.4. The third-order valence-electron chi connectivity index (χ3n) is 3.20. The van der Waals surface area contributed by atoms with Crippen molar-refractivity contribution in [3.63, 3.8) is 0 Å². The van der Waals surface area contributed by atoms with Gasteiger partial charge < -0.3 is 9.73 Å². The fourth-order valence-electron chi connectivity index (χ4n) is 2.01. The van der Waals surface area contributed by atoms with Crippen LogP contribution in [0.2, 0.25) is 5.02 Å². The first-order chi connectivity index (χ1) is 12.5. The quantitative estimate of drug-likeness (QED) is 0.565. The Hall–Kier alpha value is -2.34. The van der Waals surface area contributed by atoms with Gasteiger partial charge in [0.2, 0.25) is 11.8 Å². The molecule has 0 atom stereocenters. The van der Waals surface area contributed by atoms with Crippen LogP contribution in [0.3, 0.4) is 0 Å². The molecule has 2 aromatic carbocycles. The largest absolute Gasteiger partial charge is 0.411 e. The van der Waals surface area contributed by atoms with Gasteiger partial charge in [0.05, 0.1) is 17.0 Å². The second-order valence-electron chi connectivity index (χ2n) is 5.02. The zero-order valence-corrected chi connectivity index (χ0v) is 16.2. The van der Waals surface area contributed by atoms with Gasteiger partial charge in [0.25, 0.3) is 5.22 Å². The van der Waals surface area contributed by atoms with E-state index in [2.05, 4.69) is 31.4 Å². The highest BCUT2D eigenvalue weighted by Gasteiger charge is 2.13. The van der Waals surface area contributed by atoms with Gasteiger partial charge in [-0.2, -0.15) is 5.26 Å². The fraction of sp³-hybridized carbons (Fsp3) is 0.0588. The van der Waals surface area contributed by atoms with Crippen molar-refractivity contribution in [1.29, 1.82) is 5.26 Å². The number of hydrogen-bond donors (Lipinski definition) is 1. The third kappa shape index (κ3) is 4.64. The summed E-state index contributed by atoms with van der Waals surface area (Å²) in [5.41, 5.74) is 1.49. The summed E-state index contributed by atoms with van der Waals surface area (Å²) in [6.45, 7) is 0. The van der Waals surface area contributed by atoms with E-state index in [4.69, 9.17) is 21.3 Å². The Morgan fingerprint density at radius 3 is 2.77 bits per heavy atom. The smallest absolute Gasteiger partial charge is 0.277 e. The second-order valence-corrected chi connectivity index (χ2v) is 7.30. The Bertz CT molecular complexity index is 985. The van der Waals surface area contributed by atoms with Crippen molar-refractivity contribution in [3.8, 4) is 17.5 Å². The lowest BCUT2D eigenvalue weighted by Gasteiger charge is -2.06. The SMILES string of the molecule is N#Cc1ccc(Cl)cc1NC(=O)CSc1nnc(-c2ccc(Br)cc2)o1. The van der Waals surface area contributed by atoms with Gasteiger partial charge in [-0.15, -0.1) is 10.2 Å². The number of nitrogens with zero attached hydrogens (tertiary/aromatic N) is 3. The van der Waals surface area contributed by atoms with E-state index < -0.39 is 0 Å². The van der Waals surface area contributed by atoms with Crippen molar-refractivity contribution >= 4 is 50.9 Å². The van der Waals surface area contributed by atoms with Crippen LogP contribution in [0, 0.1) is 11.3 Å². The number of rotatable bonds is 5. The van der Waals surface area contributed by atoms with Gasteiger partial charge >= 0.3 is 0 Å². The number of hydrogen-bond acceptors (Lipinski definition) is 6. The average Bonchev–Trinajstić information content (AvgIpc) is 3.10. The van der Waals surface area contributed by atoms with Crippen LogP contribution in [0.5, 0.6) is 0 Å². The lowest BCUT2D eigenvalue weighted by molar-refractivity contribution is -0.113. The minimum absolute atomic E-state index is 0.0549. The van der Waals surface area contributed by atoms with Crippen LogP contribution in [0.15, 0.2) is 56.6 Å². The predicted octanol–water partition coefficient (Wildman–Crippen LogP) is 4.75. The molecule has 0 aliphatic rings. The number of benzene rings is 2. The number of nitrogens with one attached hydrogen (secondary N) is 1. The standard InChI is InChI=1S/C17H10BrClN4O2S/c18-12-4-1-10(2-5-12)16-22-23-17(25-16)26-9-15(24)21-14-7-13(19)6-3-11(14)8-20/h1-7H,9H2,(H,21,24). The molecule has 1 aromatic heterocycles. The molecule has 6 nitrogen and oxygen atoms in total. The van der Waals surface area contributed by atoms with Crippen molar-refractivity contribution in [2.75, 3.05) is 11.1 Å². The van der Waals surface area contributed by atoms with Crippen LogP contribution in [-0.2, 0) is 4.79 Å². The van der Waals surface area contributed by atoms with Gasteiger partial charge in [-0.25, -0.2) is 0 Å². The molecule has 26 heavy (non-hydrogen) atoms. The van der Waals surface area contributed by atoms with E-state index in [-0.39, 0.29) is 16.9 Å². The van der Waals surface area contributed by atoms with E-state index in [1.54, 1.807) is 12.1 Å². The summed E-state index contributed by atoms with van der Waals surface area (Å²) in [4.78, 5) is 12.1. The maximum atomic E-state index is 12.1. The normalized spacial score (nSPS) is 10.3. The van der Waals surface area contributed by atoms with Crippen LogP contribution in [0.25, 0.3) is 11.5 Å². The van der Waals surface area contributed by atoms with Crippen LogP contribution in [-0.4, -0.2) is 21.9 Å². The van der Waals surface area contributed by atoms with Crippen LogP contribution >= 0.6 is 39.3 Å². The van der Waals surface area contributed by atoms with Gasteiger partial charge in [0, 0.05) is 15.1 Å². The maximum Gasteiger partial charge on any atom is 0.277 e. The molecule has 0 aliphatic heterocycles. The summed E-state index contributed by atoms with van der Waals surface area (Å²) in [5.74, 6) is 0.124. The Morgan fingerprint density at radius 2 is 2.04 bits per heavy atom. The van der Waals surface area contributed by atoms with Crippen LogP contribution in [0.4, 0.5) is 5.69 Å². The van der Waals surface area contributed by atoms with E-state index in [9.17, 15) is 4.79 Å². The molecule has 0 radical (unpaired) electrons. The molecular weight excluding hydrogens is 440 g/mol. The molecule has 1 heterocycles. The van der Waals surface area contributed by atoms with Gasteiger partial charge in [-0.1, -0.05) is 39.3 Å². The topological polar surface area (TPSA) is 91.8 Å². The summed E-state index contributed by atoms with van der Waals surface area (Å²) in [6.07, 6.45) is 0. The fourth-order valence-corrected chi connectivity index (χ4v) is 3.01. The summed E-state index contributed by atoms with van der Waals surface area (Å²) in [6, 6.07) is 14.1. The zero-order valence-electron chi connectivity index (χ0n) is 13.1. The molecule has 130 valence electrons. The molecule has 0 saturated carbocycles. The molecule has 1 N–H and O–H groups in total. The number of amides is 1. The first kappa shape index (κ1) is 18.5. The number of carbonyl (C=O) groups is 1. The highest BCUT2D eigenvalue weighted by molar-refractivity contribution is 9.10. The minimum Gasteiger partial charge on any atom is -0.411 e. The van der Waals surface area contributed by atoms with E-state index in [1.807, 2.05) is 30.3 Å². The summed E-state index contributed by atoms with van der Waals surface area (Å²) in [7, 11) is 0. The van der Waals surface area contributed by atoms with Crippen molar-refractivity contribution in [2.45, 2.75) is 5.22 Å². The Balaban J connectivity index is 1.61. The van der Waals surface area contributed by atoms with Crippen LogP contribution in [0.1, 0.15) is 5.56 Å². The minimum atomic E-state index is -0.308. The summed E-state index contributed by atoms with van der Waals surface area (Å²) < 4.78 is 6.50. The van der Waals surface area contributed by atoms with E-state index in [0.29, 0.717) is 22.2 Å². The molecule has 3 aromatic rings. The molecule has 1 amide bonds. The first-order valence-corrected chi connectivity index (χ1v) is 9.42. The molecule has 9 heteroatoms. The van der Waals surface area contributed by atoms with Gasteiger partial charge in [0.1, 0.15) is 6.07 Å². The number of nitriles is 1. The highest BCUT2D eigenvalue weighted by Crippen LogP contribution is 2.25. The number of thioether (sulfide) groups is 1. The van der Waals surface area contributed by atoms with Crippen LogP contribution < -0.4 is 5.32 Å². The number of carbonyl (C=O) groups excluding carboxylic acids is 1. The number of anilines is 1. The van der Waals surface area contributed by atoms with E-state index in [0.717, 1.165) is 21.8 Å². The average molecular weight is 450 g/mol. The molecule has 3 rings (SSSR count). The van der Waals surface area contributed by atoms with Crippen molar-refractivity contribution in [3.05, 3.63) is 57.5 Å². The van der Waals surface area contributed by atoms with Crippen molar-refractivity contribution < 1.29 is 9.21 Å². The first-order valence-electron chi connectivity index (χ1n) is 7.27. The molecule has 0 spiro atoms. The number of halogens is 2. The highest BCUT2D eigenvalue weighted by atomic mass is 79.9. The maximum absolute atomic E-state index is 12.1.